The van der Waals surface area contributed by atoms with Gasteiger partial charge in [0.25, 0.3) is 5.91 Å². The lowest BCUT2D eigenvalue weighted by Crippen LogP contribution is -2.39. The minimum atomic E-state index is 0.00917. The lowest BCUT2D eigenvalue weighted by atomic mass is 9.86. The number of carbonyl (C=O) groups is 1. The summed E-state index contributed by atoms with van der Waals surface area (Å²) >= 11 is 0. The molecule has 19 heavy (non-hydrogen) atoms. The van der Waals surface area contributed by atoms with Crippen LogP contribution >= 0.6 is 0 Å². The Hall–Kier alpha value is -1.62. The molecule has 5 heteroatoms. The first-order valence-corrected chi connectivity index (χ1v) is 6.81. The van der Waals surface area contributed by atoms with Crippen molar-refractivity contribution in [3.63, 3.8) is 0 Å². The lowest BCUT2D eigenvalue weighted by Gasteiger charge is -2.33. The van der Waals surface area contributed by atoms with Gasteiger partial charge in [0.2, 0.25) is 0 Å². The highest BCUT2D eigenvalue weighted by molar-refractivity contribution is 5.99. The number of nitrogens with zero attached hydrogens (tertiary/aromatic N) is 2. The maximum absolute atomic E-state index is 12.5. The summed E-state index contributed by atoms with van der Waals surface area (Å²) in [6, 6.07) is 2.04. The molecule has 0 unspecified atom stereocenters. The molecule has 0 spiro atoms. The van der Waals surface area contributed by atoms with E-state index in [0.717, 1.165) is 18.8 Å². The maximum atomic E-state index is 12.5. The molecular weight excluding hydrogens is 240 g/mol. The van der Waals surface area contributed by atoms with Crippen LogP contribution < -0.4 is 11.3 Å². The molecule has 0 bridgehead atoms. The van der Waals surface area contributed by atoms with Crippen LogP contribution in [0.2, 0.25) is 0 Å². The van der Waals surface area contributed by atoms with Gasteiger partial charge in [-0.05, 0) is 37.7 Å². The third-order valence-corrected chi connectivity index (χ3v) is 4.06. The average Bonchev–Trinajstić information content (AvgIpc) is 2.46. The Bertz CT molecular complexity index is 441. The van der Waals surface area contributed by atoms with Crippen molar-refractivity contribution in [1.82, 2.24) is 9.88 Å². The second kappa shape index (κ2) is 6.02. The summed E-state index contributed by atoms with van der Waals surface area (Å²) in [5.41, 5.74) is 3.69. The molecule has 1 heterocycles. The molecule has 1 aromatic heterocycles. The van der Waals surface area contributed by atoms with Crippen molar-refractivity contribution in [3.05, 3.63) is 24.0 Å². The fourth-order valence-electron chi connectivity index (χ4n) is 2.68. The predicted molar refractivity (Wildman–Crippen MR) is 75.6 cm³/mol. The van der Waals surface area contributed by atoms with Gasteiger partial charge in [-0.2, -0.15) is 0 Å². The third-order valence-electron chi connectivity index (χ3n) is 4.06. The highest BCUT2D eigenvalue weighted by atomic mass is 16.2. The van der Waals surface area contributed by atoms with E-state index in [2.05, 4.69) is 17.3 Å². The number of hydrogen-bond donors (Lipinski definition) is 2. The maximum Gasteiger partial charge on any atom is 0.256 e. The van der Waals surface area contributed by atoms with E-state index >= 15 is 0 Å². The lowest BCUT2D eigenvalue weighted by molar-refractivity contribution is 0.0680. The number of hydrazine groups is 1. The fourth-order valence-corrected chi connectivity index (χ4v) is 2.68. The smallest absolute Gasteiger partial charge is 0.256 e. The van der Waals surface area contributed by atoms with E-state index in [1.54, 1.807) is 18.5 Å². The third kappa shape index (κ3) is 3.04. The minimum Gasteiger partial charge on any atom is -0.339 e. The van der Waals surface area contributed by atoms with Crippen LogP contribution in [0.5, 0.6) is 0 Å². The Kier molecular flexibility index (Phi) is 4.37. The normalized spacial score (nSPS) is 22.9. The van der Waals surface area contributed by atoms with E-state index in [4.69, 9.17) is 5.84 Å². The van der Waals surface area contributed by atoms with Gasteiger partial charge in [-0.15, -0.1) is 0 Å². The molecule has 2 rings (SSSR count). The van der Waals surface area contributed by atoms with Crippen molar-refractivity contribution >= 4 is 11.6 Å². The molecule has 3 N–H and O–H groups in total. The van der Waals surface area contributed by atoms with Crippen molar-refractivity contribution in [1.29, 1.82) is 0 Å². The number of nitrogens with two attached hydrogens (primary N) is 1. The summed E-state index contributed by atoms with van der Waals surface area (Å²) in [6.45, 7) is 2.28. The second-order valence-corrected chi connectivity index (χ2v) is 5.40. The van der Waals surface area contributed by atoms with E-state index in [0.29, 0.717) is 17.3 Å². The molecule has 0 saturated heterocycles. The van der Waals surface area contributed by atoms with Gasteiger partial charge in [-0.25, -0.2) is 0 Å². The van der Waals surface area contributed by atoms with Crippen LogP contribution in [0.4, 0.5) is 5.69 Å². The number of pyridine rings is 1. The summed E-state index contributed by atoms with van der Waals surface area (Å²) in [6.07, 6.45) is 7.75. The van der Waals surface area contributed by atoms with Gasteiger partial charge in [0, 0.05) is 19.3 Å². The van der Waals surface area contributed by atoms with Crippen LogP contribution in [0, 0.1) is 5.92 Å². The number of hydrogen-bond acceptors (Lipinski definition) is 4. The number of amides is 1. The van der Waals surface area contributed by atoms with Crippen LogP contribution in [0.1, 0.15) is 43.0 Å². The second-order valence-electron chi connectivity index (χ2n) is 5.40. The first-order valence-electron chi connectivity index (χ1n) is 6.81. The molecule has 0 aromatic carbocycles. The summed E-state index contributed by atoms with van der Waals surface area (Å²) in [7, 11) is 1.88. The summed E-state index contributed by atoms with van der Waals surface area (Å²) < 4.78 is 0. The largest absolute Gasteiger partial charge is 0.339 e. The first-order chi connectivity index (χ1) is 9.13. The molecule has 0 radical (unpaired) electrons. The Labute approximate surface area is 114 Å². The summed E-state index contributed by atoms with van der Waals surface area (Å²) in [5.74, 6) is 6.21. The van der Waals surface area contributed by atoms with Crippen molar-refractivity contribution in [3.8, 4) is 0 Å². The van der Waals surface area contributed by atoms with Gasteiger partial charge in [-0.1, -0.05) is 6.92 Å². The molecule has 0 aliphatic heterocycles. The summed E-state index contributed by atoms with van der Waals surface area (Å²) in [4.78, 5) is 18.3. The molecule has 1 fully saturated rings. The predicted octanol–water partition coefficient (Wildman–Crippen LogP) is 2.02. The van der Waals surface area contributed by atoms with Gasteiger partial charge < -0.3 is 10.3 Å². The molecule has 0 atom stereocenters. The zero-order valence-corrected chi connectivity index (χ0v) is 11.6. The Morgan fingerprint density at radius 1 is 1.42 bits per heavy atom. The highest BCUT2D eigenvalue weighted by Crippen LogP contribution is 2.27. The first kappa shape index (κ1) is 13.8. The quantitative estimate of drug-likeness (QED) is 0.646. The van der Waals surface area contributed by atoms with Crippen molar-refractivity contribution < 1.29 is 4.79 Å². The minimum absolute atomic E-state index is 0.00917. The zero-order valence-electron chi connectivity index (χ0n) is 11.6. The van der Waals surface area contributed by atoms with E-state index in [1.165, 1.54) is 12.8 Å². The van der Waals surface area contributed by atoms with Crippen LogP contribution in [0.15, 0.2) is 18.5 Å². The zero-order chi connectivity index (χ0) is 13.8. The Balaban J connectivity index is 2.10. The van der Waals surface area contributed by atoms with Crippen molar-refractivity contribution in [2.24, 2.45) is 11.8 Å². The van der Waals surface area contributed by atoms with E-state index in [1.807, 2.05) is 11.9 Å². The molecule has 1 amide bonds. The standard InChI is InChI=1S/C14H22N4O/c1-10-3-5-11(6-4-10)18(2)14(19)12-7-8-16-9-13(12)17-15/h7-11,17H,3-6,15H2,1-2H3. The highest BCUT2D eigenvalue weighted by Gasteiger charge is 2.26. The van der Waals surface area contributed by atoms with Gasteiger partial charge in [0.1, 0.15) is 0 Å². The molecular formula is C14H22N4O. The molecule has 1 aromatic rings. The topological polar surface area (TPSA) is 71.2 Å². The SMILES string of the molecule is CC1CCC(N(C)C(=O)c2ccncc2NN)CC1. The Morgan fingerprint density at radius 2 is 2.11 bits per heavy atom. The molecule has 104 valence electrons. The van der Waals surface area contributed by atoms with Crippen molar-refractivity contribution in [2.45, 2.75) is 38.6 Å². The summed E-state index contributed by atoms with van der Waals surface area (Å²) in [5, 5.41) is 0. The Morgan fingerprint density at radius 3 is 2.74 bits per heavy atom. The van der Waals surface area contributed by atoms with E-state index < -0.39 is 0 Å². The monoisotopic (exact) mass is 262 g/mol. The van der Waals surface area contributed by atoms with Gasteiger partial charge in [0.15, 0.2) is 0 Å². The van der Waals surface area contributed by atoms with E-state index in [-0.39, 0.29) is 5.91 Å². The van der Waals surface area contributed by atoms with E-state index in [9.17, 15) is 4.79 Å². The fraction of sp³-hybridized carbons (Fsp3) is 0.571. The van der Waals surface area contributed by atoms with Crippen molar-refractivity contribution in [2.75, 3.05) is 12.5 Å². The molecule has 5 nitrogen and oxygen atoms in total. The molecule has 1 aliphatic carbocycles. The van der Waals surface area contributed by atoms with Crippen LogP contribution in [0.25, 0.3) is 0 Å². The van der Waals surface area contributed by atoms with Gasteiger partial charge >= 0.3 is 0 Å². The van der Waals surface area contributed by atoms with Gasteiger partial charge in [-0.3, -0.25) is 15.6 Å². The number of aromatic nitrogens is 1. The van der Waals surface area contributed by atoms with Crippen LogP contribution in [-0.4, -0.2) is 28.9 Å². The number of carbonyl (C=O) groups excluding carboxylic acids is 1. The van der Waals surface area contributed by atoms with Crippen LogP contribution in [-0.2, 0) is 0 Å². The average molecular weight is 262 g/mol. The number of nitrogens with one attached hydrogen (secondary N) is 1. The number of anilines is 1. The van der Waals surface area contributed by atoms with Gasteiger partial charge in [0.05, 0.1) is 17.4 Å². The van der Waals surface area contributed by atoms with Crippen LogP contribution in [0.3, 0.4) is 0 Å². The molecule has 1 aliphatic rings. The number of nitrogen functional groups attached to an aromatic ring is 1. The number of rotatable bonds is 3. The molecule has 1 saturated carbocycles.